The van der Waals surface area contributed by atoms with E-state index >= 15 is 0 Å². The fraction of sp³-hybridized carbons (Fsp3) is 0.750. The van der Waals surface area contributed by atoms with Gasteiger partial charge in [-0.15, -0.1) is 11.6 Å². The number of aliphatic imine (C=N–C) groups is 1. The van der Waals surface area contributed by atoms with Crippen molar-refractivity contribution in [1.82, 2.24) is 10.0 Å². The zero-order valence-corrected chi connectivity index (χ0v) is 7.24. The van der Waals surface area contributed by atoms with Gasteiger partial charge < -0.3 is 5.32 Å². The zero-order valence-electron chi connectivity index (χ0n) is 5.67. The second kappa shape index (κ2) is 3.27. The third kappa shape index (κ3) is 2.55. The van der Waals surface area contributed by atoms with E-state index in [-0.39, 0.29) is 5.96 Å². The molecule has 0 aliphatic carbocycles. The molecule has 0 radical (unpaired) electrons. The standard InChI is InChI=1S/C4H8ClN3O2S/c5-3-11(9,10)8-4-6-1-2-7-4/h1-3H2,(H2,6,7,8). The summed E-state index contributed by atoms with van der Waals surface area (Å²) in [6.07, 6.45) is 0. The van der Waals surface area contributed by atoms with E-state index in [4.69, 9.17) is 11.6 Å². The van der Waals surface area contributed by atoms with E-state index in [2.05, 4.69) is 15.0 Å². The Morgan fingerprint density at radius 1 is 1.73 bits per heavy atom. The number of guanidine groups is 1. The average molecular weight is 198 g/mol. The van der Waals surface area contributed by atoms with Crippen LogP contribution in [0.3, 0.4) is 0 Å². The van der Waals surface area contributed by atoms with E-state index in [1.54, 1.807) is 0 Å². The van der Waals surface area contributed by atoms with Gasteiger partial charge in [0.25, 0.3) is 0 Å². The molecule has 1 rings (SSSR count). The van der Waals surface area contributed by atoms with Crippen molar-refractivity contribution in [1.29, 1.82) is 0 Å². The quantitative estimate of drug-likeness (QED) is 0.562. The van der Waals surface area contributed by atoms with Gasteiger partial charge in [-0.2, -0.15) is 0 Å². The second-order valence-corrected chi connectivity index (χ2v) is 4.29. The van der Waals surface area contributed by atoms with E-state index in [0.717, 1.165) is 0 Å². The normalized spacial score (nSPS) is 17.4. The molecule has 1 aliphatic rings. The van der Waals surface area contributed by atoms with Crippen molar-refractivity contribution in [2.24, 2.45) is 4.99 Å². The number of rotatable bonds is 2. The Labute approximate surface area is 69.9 Å². The molecule has 64 valence electrons. The maximum absolute atomic E-state index is 10.8. The fourth-order valence-corrected chi connectivity index (χ4v) is 1.29. The van der Waals surface area contributed by atoms with Gasteiger partial charge in [0.1, 0.15) is 5.21 Å². The number of hydrogen-bond donors (Lipinski definition) is 2. The Morgan fingerprint density at radius 3 is 2.91 bits per heavy atom. The third-order valence-corrected chi connectivity index (χ3v) is 2.72. The molecular weight excluding hydrogens is 190 g/mol. The molecule has 0 spiro atoms. The van der Waals surface area contributed by atoms with Crippen LogP contribution in [-0.4, -0.2) is 32.7 Å². The maximum Gasteiger partial charge on any atom is 0.249 e. The van der Waals surface area contributed by atoms with Crippen LogP contribution in [0.2, 0.25) is 0 Å². The largest absolute Gasteiger partial charge is 0.354 e. The summed E-state index contributed by atoms with van der Waals surface area (Å²) in [5.41, 5.74) is 0. The Hall–Kier alpha value is -0.490. The molecule has 1 aliphatic heterocycles. The number of nitrogens with zero attached hydrogens (tertiary/aromatic N) is 1. The first-order chi connectivity index (χ1) is 5.14. The molecule has 0 unspecified atom stereocenters. The summed E-state index contributed by atoms with van der Waals surface area (Å²) in [5.74, 6) is 0.283. The van der Waals surface area contributed by atoms with Crippen LogP contribution in [0, 0.1) is 0 Å². The first-order valence-corrected chi connectivity index (χ1v) is 5.17. The molecule has 1 heterocycles. The van der Waals surface area contributed by atoms with E-state index in [1.807, 2.05) is 0 Å². The monoisotopic (exact) mass is 197 g/mol. The van der Waals surface area contributed by atoms with E-state index in [1.165, 1.54) is 0 Å². The highest BCUT2D eigenvalue weighted by Crippen LogP contribution is 1.89. The minimum atomic E-state index is -3.38. The van der Waals surface area contributed by atoms with Crippen LogP contribution in [0.5, 0.6) is 0 Å². The van der Waals surface area contributed by atoms with Crippen LogP contribution in [0.15, 0.2) is 4.99 Å². The van der Waals surface area contributed by atoms with Crippen molar-refractivity contribution in [3.63, 3.8) is 0 Å². The van der Waals surface area contributed by atoms with Gasteiger partial charge in [-0.3, -0.25) is 9.71 Å². The van der Waals surface area contributed by atoms with Gasteiger partial charge in [-0.1, -0.05) is 0 Å². The molecule has 11 heavy (non-hydrogen) atoms. The first kappa shape index (κ1) is 8.61. The molecule has 0 saturated carbocycles. The molecule has 0 saturated heterocycles. The van der Waals surface area contributed by atoms with Gasteiger partial charge in [0.15, 0.2) is 0 Å². The van der Waals surface area contributed by atoms with Crippen LogP contribution in [0.4, 0.5) is 0 Å². The molecule has 0 fully saturated rings. The van der Waals surface area contributed by atoms with Crippen molar-refractivity contribution >= 4 is 27.6 Å². The van der Waals surface area contributed by atoms with Crippen molar-refractivity contribution in [2.75, 3.05) is 18.3 Å². The highest BCUT2D eigenvalue weighted by Gasteiger charge is 2.12. The van der Waals surface area contributed by atoms with Gasteiger partial charge >= 0.3 is 0 Å². The highest BCUT2D eigenvalue weighted by atomic mass is 35.5. The van der Waals surface area contributed by atoms with Crippen molar-refractivity contribution in [2.45, 2.75) is 0 Å². The lowest BCUT2D eigenvalue weighted by Gasteiger charge is -2.03. The molecule has 5 nitrogen and oxygen atoms in total. The van der Waals surface area contributed by atoms with Gasteiger partial charge in [0, 0.05) is 6.54 Å². The number of hydrogen-bond acceptors (Lipinski definition) is 4. The Morgan fingerprint density at radius 2 is 2.45 bits per heavy atom. The molecule has 0 bridgehead atoms. The summed E-state index contributed by atoms with van der Waals surface area (Å²) >= 11 is 5.14. The van der Waals surface area contributed by atoms with Crippen LogP contribution in [0.1, 0.15) is 0 Å². The summed E-state index contributed by atoms with van der Waals surface area (Å²) in [6.45, 7) is 1.26. The van der Waals surface area contributed by atoms with Crippen molar-refractivity contribution < 1.29 is 8.42 Å². The summed E-state index contributed by atoms with van der Waals surface area (Å²) in [6, 6.07) is 0. The molecular formula is C4H8ClN3O2S. The average Bonchev–Trinajstić information content (AvgIpc) is 2.39. The molecule has 2 N–H and O–H groups in total. The summed E-state index contributed by atoms with van der Waals surface area (Å²) < 4.78 is 23.8. The Bertz CT molecular complexity index is 261. The van der Waals surface area contributed by atoms with Gasteiger partial charge in [0.2, 0.25) is 16.0 Å². The van der Waals surface area contributed by atoms with E-state index in [9.17, 15) is 8.42 Å². The smallest absolute Gasteiger partial charge is 0.249 e. The highest BCUT2D eigenvalue weighted by molar-refractivity contribution is 7.91. The van der Waals surface area contributed by atoms with Crippen LogP contribution in [-0.2, 0) is 10.0 Å². The van der Waals surface area contributed by atoms with Crippen LogP contribution >= 0.6 is 11.6 Å². The van der Waals surface area contributed by atoms with Crippen molar-refractivity contribution in [3.05, 3.63) is 0 Å². The lowest BCUT2D eigenvalue weighted by atomic mass is 10.7. The molecule has 0 aromatic carbocycles. The first-order valence-electron chi connectivity index (χ1n) is 2.99. The minimum absolute atomic E-state index is 0.283. The molecule has 7 heteroatoms. The fourth-order valence-electron chi connectivity index (χ4n) is 0.641. The third-order valence-electron chi connectivity index (χ3n) is 1.07. The summed E-state index contributed by atoms with van der Waals surface area (Å²) in [5, 5.41) is 2.30. The predicted octanol–water partition coefficient (Wildman–Crippen LogP) is -0.939. The van der Waals surface area contributed by atoms with Crippen molar-refractivity contribution in [3.8, 4) is 0 Å². The van der Waals surface area contributed by atoms with Gasteiger partial charge in [-0.25, -0.2) is 8.42 Å². The topological polar surface area (TPSA) is 70.6 Å². The van der Waals surface area contributed by atoms with Crippen LogP contribution in [0.25, 0.3) is 0 Å². The molecule has 0 aromatic rings. The number of nitrogens with one attached hydrogen (secondary N) is 2. The summed E-state index contributed by atoms with van der Waals surface area (Å²) in [7, 11) is -3.38. The molecule has 0 atom stereocenters. The van der Waals surface area contributed by atoms with Gasteiger partial charge in [0.05, 0.1) is 6.54 Å². The zero-order chi connectivity index (χ0) is 8.32. The lowest BCUT2D eigenvalue weighted by Crippen LogP contribution is -2.38. The second-order valence-electron chi connectivity index (χ2n) is 1.98. The minimum Gasteiger partial charge on any atom is -0.354 e. The molecule has 0 aromatic heterocycles. The Kier molecular flexibility index (Phi) is 2.56. The SMILES string of the molecule is O=S(=O)(CCl)NC1=NCCN1. The Balaban J connectivity index is 2.54. The van der Waals surface area contributed by atoms with Crippen LogP contribution < -0.4 is 10.0 Å². The predicted molar refractivity (Wildman–Crippen MR) is 43.1 cm³/mol. The van der Waals surface area contributed by atoms with E-state index < -0.39 is 15.2 Å². The molecule has 0 amide bonds. The van der Waals surface area contributed by atoms with Gasteiger partial charge in [-0.05, 0) is 0 Å². The van der Waals surface area contributed by atoms with E-state index in [0.29, 0.717) is 13.1 Å². The number of sulfonamides is 1. The maximum atomic E-state index is 10.8. The number of alkyl halides is 1. The summed E-state index contributed by atoms with van der Waals surface area (Å²) in [4.78, 5) is 3.83. The number of halogens is 1. The lowest BCUT2D eigenvalue weighted by molar-refractivity contribution is 0.596.